The van der Waals surface area contributed by atoms with Gasteiger partial charge in [0.05, 0.1) is 5.69 Å². The lowest BCUT2D eigenvalue weighted by atomic mass is 9.89. The van der Waals surface area contributed by atoms with Crippen LogP contribution in [0.2, 0.25) is 0 Å². The topological polar surface area (TPSA) is 24.4 Å². The van der Waals surface area contributed by atoms with Gasteiger partial charge >= 0.3 is 0 Å². The third-order valence-corrected chi connectivity index (χ3v) is 6.05. The molecule has 1 aromatic carbocycles. The smallest absolute Gasteiger partial charge is 0.161 e. The van der Waals surface area contributed by atoms with Crippen molar-refractivity contribution >= 4 is 45.2 Å². The summed E-state index contributed by atoms with van der Waals surface area (Å²) in [6.45, 7) is 1.02. The molecule has 1 aromatic rings. The summed E-state index contributed by atoms with van der Waals surface area (Å²) in [5.74, 6) is 1.24. The Bertz CT molecular complexity index is 467. The molecule has 0 radical (unpaired) electrons. The second-order valence-electron chi connectivity index (χ2n) is 5.22. The molecule has 0 bridgehead atoms. The lowest BCUT2D eigenvalue weighted by molar-refractivity contribution is 0.359. The highest BCUT2D eigenvalue weighted by Gasteiger charge is 2.36. The first kappa shape index (κ1) is 12.8. The van der Waals surface area contributed by atoms with Crippen molar-refractivity contribution in [3.63, 3.8) is 0 Å². The zero-order valence-electron chi connectivity index (χ0n) is 10.3. The minimum Gasteiger partial charge on any atom is -0.334 e. The van der Waals surface area contributed by atoms with Gasteiger partial charge in [-0.2, -0.15) is 0 Å². The average molecular weight is 372 g/mol. The van der Waals surface area contributed by atoms with E-state index in [-0.39, 0.29) is 0 Å². The third kappa shape index (κ3) is 2.69. The van der Waals surface area contributed by atoms with Crippen LogP contribution < -0.4 is 5.32 Å². The predicted octanol–water partition coefficient (Wildman–Crippen LogP) is 4.37. The van der Waals surface area contributed by atoms with Gasteiger partial charge < -0.3 is 5.32 Å². The number of nitrogens with one attached hydrogen (secondary N) is 1. The summed E-state index contributed by atoms with van der Waals surface area (Å²) < 4.78 is 1.25. The molecule has 0 saturated heterocycles. The molecule has 1 spiro atoms. The van der Waals surface area contributed by atoms with E-state index in [0.29, 0.717) is 5.41 Å². The first-order valence-electron chi connectivity index (χ1n) is 6.46. The van der Waals surface area contributed by atoms with Gasteiger partial charge in [0, 0.05) is 15.9 Å². The summed E-state index contributed by atoms with van der Waals surface area (Å²) in [5, 5.41) is 4.56. The van der Waals surface area contributed by atoms with Crippen LogP contribution in [0.4, 0.5) is 5.69 Å². The Balaban J connectivity index is 1.68. The van der Waals surface area contributed by atoms with Crippen LogP contribution in [0.25, 0.3) is 0 Å². The van der Waals surface area contributed by atoms with Crippen molar-refractivity contribution in [2.24, 2.45) is 10.4 Å². The van der Waals surface area contributed by atoms with Crippen LogP contribution in [0, 0.1) is 8.99 Å². The summed E-state index contributed by atoms with van der Waals surface area (Å²) in [6, 6.07) is 8.37. The second kappa shape index (κ2) is 5.41. The molecule has 2 nitrogen and oxygen atoms in total. The van der Waals surface area contributed by atoms with Crippen molar-refractivity contribution in [3.05, 3.63) is 27.8 Å². The molecular weight excluding hydrogens is 355 g/mol. The zero-order valence-corrected chi connectivity index (χ0v) is 13.3. The Hall–Kier alpha value is -0.230. The van der Waals surface area contributed by atoms with Gasteiger partial charge in [0.15, 0.2) is 5.17 Å². The second-order valence-corrected chi connectivity index (χ2v) is 7.35. The number of hydrogen-bond donors (Lipinski definition) is 1. The fourth-order valence-corrected chi connectivity index (χ4v) is 4.42. The number of nitrogens with zero attached hydrogens (tertiary/aromatic N) is 1. The van der Waals surface area contributed by atoms with Crippen LogP contribution in [-0.4, -0.2) is 17.5 Å². The molecule has 1 fully saturated rings. The molecule has 2 aliphatic rings. The number of rotatable bonds is 1. The summed E-state index contributed by atoms with van der Waals surface area (Å²) >= 11 is 4.26. The number of amidine groups is 1. The Kier molecular flexibility index (Phi) is 3.84. The first-order valence-corrected chi connectivity index (χ1v) is 8.53. The Morgan fingerprint density at radius 2 is 2.00 bits per heavy atom. The molecule has 1 saturated carbocycles. The minimum absolute atomic E-state index is 0.527. The quantitative estimate of drug-likeness (QED) is 0.741. The molecule has 0 aromatic heterocycles. The fourth-order valence-electron chi connectivity index (χ4n) is 2.73. The van der Waals surface area contributed by atoms with Crippen molar-refractivity contribution in [1.29, 1.82) is 0 Å². The summed E-state index contributed by atoms with van der Waals surface area (Å²) in [4.78, 5) is 4.77. The van der Waals surface area contributed by atoms with Gasteiger partial charge in [0.25, 0.3) is 0 Å². The highest BCUT2D eigenvalue weighted by Crippen LogP contribution is 2.43. The van der Waals surface area contributed by atoms with Gasteiger partial charge in [-0.25, -0.2) is 0 Å². The molecule has 0 unspecified atom stereocenters. The molecule has 0 amide bonds. The number of halogens is 1. The van der Waals surface area contributed by atoms with E-state index in [1.54, 1.807) is 0 Å². The van der Waals surface area contributed by atoms with E-state index in [0.717, 1.165) is 11.7 Å². The van der Waals surface area contributed by atoms with E-state index in [4.69, 9.17) is 4.99 Å². The van der Waals surface area contributed by atoms with Gasteiger partial charge in [0.1, 0.15) is 0 Å². The largest absolute Gasteiger partial charge is 0.334 e. The monoisotopic (exact) mass is 372 g/mol. The van der Waals surface area contributed by atoms with E-state index in [2.05, 4.69) is 52.2 Å². The molecule has 18 heavy (non-hydrogen) atoms. The number of hydrogen-bond acceptors (Lipinski definition) is 3. The molecule has 4 heteroatoms. The Morgan fingerprint density at radius 1 is 1.22 bits per heavy atom. The highest BCUT2D eigenvalue weighted by molar-refractivity contribution is 14.1. The maximum atomic E-state index is 4.77. The molecule has 1 aliphatic carbocycles. The fraction of sp³-hybridized carbons (Fsp3) is 0.500. The van der Waals surface area contributed by atoms with E-state index < -0.39 is 0 Å². The SMILES string of the molecule is Ic1ccccc1NC1=NCC2(CCCC2)CS1. The average Bonchev–Trinajstić information content (AvgIpc) is 2.84. The summed E-state index contributed by atoms with van der Waals surface area (Å²) in [5.41, 5.74) is 1.70. The number of anilines is 1. The third-order valence-electron chi connectivity index (χ3n) is 3.85. The lowest BCUT2D eigenvalue weighted by Gasteiger charge is -2.31. The first-order chi connectivity index (χ1) is 8.77. The molecular formula is C14H17IN2S. The number of thioether (sulfide) groups is 1. The van der Waals surface area contributed by atoms with Crippen molar-refractivity contribution in [1.82, 2.24) is 0 Å². The van der Waals surface area contributed by atoms with Crippen molar-refractivity contribution in [3.8, 4) is 0 Å². The normalized spacial score (nSPS) is 21.9. The van der Waals surface area contributed by atoms with Gasteiger partial charge in [-0.3, -0.25) is 4.99 Å². The maximum absolute atomic E-state index is 4.77. The van der Waals surface area contributed by atoms with E-state index in [1.165, 1.54) is 40.7 Å². The Morgan fingerprint density at radius 3 is 2.67 bits per heavy atom. The summed E-state index contributed by atoms with van der Waals surface area (Å²) in [6.07, 6.45) is 5.55. The molecule has 1 aliphatic heterocycles. The predicted molar refractivity (Wildman–Crippen MR) is 88.4 cm³/mol. The van der Waals surface area contributed by atoms with Crippen LogP contribution in [0.15, 0.2) is 29.3 Å². The van der Waals surface area contributed by atoms with E-state index in [1.807, 2.05) is 11.8 Å². The van der Waals surface area contributed by atoms with Gasteiger partial charge in [-0.15, -0.1) is 0 Å². The van der Waals surface area contributed by atoms with Crippen LogP contribution in [0.5, 0.6) is 0 Å². The van der Waals surface area contributed by atoms with Gasteiger partial charge in [-0.1, -0.05) is 36.7 Å². The van der Waals surface area contributed by atoms with E-state index >= 15 is 0 Å². The van der Waals surface area contributed by atoms with Crippen molar-refractivity contribution in [2.45, 2.75) is 25.7 Å². The van der Waals surface area contributed by atoms with Crippen LogP contribution in [0.3, 0.4) is 0 Å². The standard InChI is InChI=1S/C14H17IN2S/c15-11-5-1-2-6-12(11)17-13-16-9-14(10-18-13)7-3-4-8-14/h1-2,5-6H,3-4,7-10H2,(H,16,17). The van der Waals surface area contributed by atoms with E-state index in [9.17, 15) is 0 Å². The Labute approximate surface area is 126 Å². The number of para-hydroxylation sites is 1. The van der Waals surface area contributed by atoms with Crippen molar-refractivity contribution < 1.29 is 0 Å². The van der Waals surface area contributed by atoms with Gasteiger partial charge in [-0.05, 0) is 53.0 Å². The van der Waals surface area contributed by atoms with Gasteiger partial charge in [0.2, 0.25) is 0 Å². The molecule has 96 valence electrons. The number of aliphatic imine (C=N–C) groups is 1. The lowest BCUT2D eigenvalue weighted by Crippen LogP contribution is -2.30. The molecule has 3 rings (SSSR count). The summed E-state index contributed by atoms with van der Waals surface area (Å²) in [7, 11) is 0. The molecule has 0 atom stereocenters. The zero-order chi connectivity index (χ0) is 12.4. The number of benzene rings is 1. The molecule has 1 N–H and O–H groups in total. The highest BCUT2D eigenvalue weighted by atomic mass is 127. The molecule has 1 heterocycles. The van der Waals surface area contributed by atoms with Crippen LogP contribution in [-0.2, 0) is 0 Å². The van der Waals surface area contributed by atoms with Crippen LogP contribution in [0.1, 0.15) is 25.7 Å². The maximum Gasteiger partial charge on any atom is 0.161 e. The van der Waals surface area contributed by atoms with Crippen LogP contribution >= 0.6 is 34.4 Å². The minimum atomic E-state index is 0.527. The van der Waals surface area contributed by atoms with Crippen molar-refractivity contribution in [2.75, 3.05) is 17.6 Å².